The lowest BCUT2D eigenvalue weighted by Crippen LogP contribution is -2.41. The van der Waals surface area contributed by atoms with Gasteiger partial charge in [-0.25, -0.2) is 0 Å². The van der Waals surface area contributed by atoms with E-state index in [1.54, 1.807) is 42.5 Å². The van der Waals surface area contributed by atoms with Gasteiger partial charge in [0.2, 0.25) is 0 Å². The molecular formula is C19H16Cl2N2O4S. The Morgan fingerprint density at radius 3 is 2.54 bits per heavy atom. The molecule has 9 heteroatoms. The Kier molecular flexibility index (Phi) is 5.07. The molecule has 28 heavy (non-hydrogen) atoms. The Morgan fingerprint density at radius 1 is 1.07 bits per heavy atom. The highest BCUT2D eigenvalue weighted by Gasteiger charge is 2.35. The summed E-state index contributed by atoms with van der Waals surface area (Å²) in [5.74, 6) is 0.00689. The first kappa shape index (κ1) is 19.2. The van der Waals surface area contributed by atoms with Crippen LogP contribution in [-0.4, -0.2) is 38.2 Å². The fraction of sp³-hybridized carbons (Fsp3) is 0.263. The van der Waals surface area contributed by atoms with E-state index >= 15 is 0 Å². The van der Waals surface area contributed by atoms with Gasteiger partial charge >= 0.3 is 5.97 Å². The minimum absolute atomic E-state index is 0.206. The summed E-state index contributed by atoms with van der Waals surface area (Å²) in [5, 5.41) is 0.526. The Labute approximate surface area is 172 Å². The largest absolute Gasteiger partial charge is 0.425 e. The van der Waals surface area contributed by atoms with Crippen LogP contribution in [0.15, 0.2) is 51.8 Å². The van der Waals surface area contributed by atoms with Gasteiger partial charge in [-0.1, -0.05) is 41.4 Å². The fourth-order valence-electron chi connectivity index (χ4n) is 3.40. The number of hydrogen-bond donors (Lipinski definition) is 0. The molecule has 0 N–H and O–H groups in total. The number of hydrogen-bond acceptors (Lipinski definition) is 5. The quantitative estimate of drug-likeness (QED) is 0.526. The molecule has 2 aliphatic rings. The number of rotatable bonds is 2. The van der Waals surface area contributed by atoms with Crippen LogP contribution in [0.1, 0.15) is 18.4 Å². The lowest BCUT2D eigenvalue weighted by molar-refractivity contribution is -0.140. The van der Waals surface area contributed by atoms with Gasteiger partial charge in [-0.2, -0.15) is 8.42 Å². The first-order chi connectivity index (χ1) is 13.4. The summed E-state index contributed by atoms with van der Waals surface area (Å²) in [4.78, 5) is 14.6. The van der Waals surface area contributed by atoms with Crippen LogP contribution in [0.25, 0.3) is 0 Å². The highest BCUT2D eigenvalue weighted by Crippen LogP contribution is 2.33. The van der Waals surface area contributed by atoms with E-state index in [2.05, 4.69) is 4.40 Å². The number of esters is 1. The van der Waals surface area contributed by atoms with Crippen molar-refractivity contribution in [3.8, 4) is 5.75 Å². The molecular weight excluding hydrogens is 423 g/mol. The van der Waals surface area contributed by atoms with E-state index in [-0.39, 0.29) is 27.6 Å². The van der Waals surface area contributed by atoms with E-state index in [1.165, 1.54) is 0 Å². The van der Waals surface area contributed by atoms with Crippen molar-refractivity contribution in [1.29, 1.82) is 0 Å². The molecule has 2 aromatic rings. The number of fused-ring (bicyclic) bond motifs is 1. The van der Waals surface area contributed by atoms with Crippen molar-refractivity contribution in [3.63, 3.8) is 0 Å². The van der Waals surface area contributed by atoms with Gasteiger partial charge in [0, 0.05) is 18.7 Å². The maximum Gasteiger partial charge on any atom is 0.314 e. The normalized spacial score (nSPS) is 18.5. The zero-order valence-electron chi connectivity index (χ0n) is 14.6. The highest BCUT2D eigenvalue weighted by molar-refractivity contribution is 7.90. The first-order valence-corrected chi connectivity index (χ1v) is 10.9. The number of piperidine rings is 1. The van der Waals surface area contributed by atoms with Crippen LogP contribution >= 0.6 is 23.2 Å². The predicted molar refractivity (Wildman–Crippen MR) is 107 cm³/mol. The van der Waals surface area contributed by atoms with Crippen molar-refractivity contribution in [3.05, 3.63) is 58.1 Å². The number of ether oxygens (including phenoxy) is 1. The van der Waals surface area contributed by atoms with Gasteiger partial charge in [0.05, 0.1) is 10.9 Å². The summed E-state index contributed by atoms with van der Waals surface area (Å²) in [6.07, 6.45) is 1.05. The second-order valence-corrected chi connectivity index (χ2v) is 8.98. The molecule has 0 aromatic heterocycles. The molecule has 2 heterocycles. The smallest absolute Gasteiger partial charge is 0.314 e. The summed E-state index contributed by atoms with van der Waals surface area (Å²) in [6.45, 7) is 1.01. The van der Waals surface area contributed by atoms with Gasteiger partial charge in [-0.3, -0.25) is 4.79 Å². The molecule has 0 atom stereocenters. The van der Waals surface area contributed by atoms with Gasteiger partial charge in [-0.05, 0) is 37.1 Å². The highest BCUT2D eigenvalue weighted by atomic mass is 35.5. The molecule has 1 saturated heterocycles. The fourth-order valence-corrected chi connectivity index (χ4v) is 4.96. The second-order valence-electron chi connectivity index (χ2n) is 6.62. The van der Waals surface area contributed by atoms with Crippen LogP contribution in [0, 0.1) is 5.92 Å². The molecule has 0 unspecified atom stereocenters. The third-order valence-corrected chi connectivity index (χ3v) is 6.99. The minimum Gasteiger partial charge on any atom is -0.425 e. The van der Waals surface area contributed by atoms with Gasteiger partial charge < -0.3 is 9.64 Å². The Bertz CT molecular complexity index is 1080. The first-order valence-electron chi connectivity index (χ1n) is 8.72. The number of amidine groups is 1. The molecule has 6 nitrogen and oxygen atoms in total. The van der Waals surface area contributed by atoms with E-state index in [1.807, 2.05) is 4.90 Å². The standard InChI is InChI=1S/C19H16Cl2N2O4S/c20-14-5-3-6-15(17(14)21)27-19(24)12-8-10-23(11-9-12)18-13-4-1-2-7-16(13)28(25,26)22-18/h1-7,12H,8-11H2. The number of sulfonamides is 1. The Hall–Kier alpha value is -2.09. The van der Waals surface area contributed by atoms with Crippen LogP contribution in [-0.2, 0) is 14.8 Å². The molecule has 0 amide bonds. The van der Waals surface area contributed by atoms with Gasteiger partial charge in [0.1, 0.15) is 9.92 Å². The van der Waals surface area contributed by atoms with E-state index < -0.39 is 10.0 Å². The molecule has 1 fully saturated rings. The van der Waals surface area contributed by atoms with Gasteiger partial charge in [0.25, 0.3) is 10.0 Å². The third-order valence-electron chi connectivity index (χ3n) is 4.87. The third kappa shape index (κ3) is 3.50. The zero-order valence-corrected chi connectivity index (χ0v) is 17.0. The summed E-state index contributed by atoms with van der Waals surface area (Å²) in [5.41, 5.74) is 0.606. The molecule has 0 bridgehead atoms. The summed E-state index contributed by atoms with van der Waals surface area (Å²) < 4.78 is 33.8. The molecule has 4 rings (SSSR count). The van der Waals surface area contributed by atoms with E-state index in [0.717, 1.165) is 0 Å². The Balaban J connectivity index is 1.44. The van der Waals surface area contributed by atoms with Crippen molar-refractivity contribution in [1.82, 2.24) is 4.90 Å². The van der Waals surface area contributed by atoms with E-state index in [4.69, 9.17) is 27.9 Å². The monoisotopic (exact) mass is 438 g/mol. The van der Waals surface area contributed by atoms with Gasteiger partial charge in [0.15, 0.2) is 11.6 Å². The second kappa shape index (κ2) is 7.39. The topological polar surface area (TPSA) is 76.0 Å². The average Bonchev–Trinajstić information content (AvgIpc) is 2.97. The predicted octanol–water partition coefficient (Wildman–Crippen LogP) is 3.76. The average molecular weight is 439 g/mol. The van der Waals surface area contributed by atoms with Crippen molar-refractivity contribution in [2.45, 2.75) is 17.7 Å². The van der Waals surface area contributed by atoms with Crippen LogP contribution in [0.4, 0.5) is 0 Å². The number of carbonyl (C=O) groups is 1. The SMILES string of the molecule is O=C(Oc1cccc(Cl)c1Cl)C1CCN(C2=NS(=O)(=O)c3ccccc32)CC1. The molecule has 0 aliphatic carbocycles. The van der Waals surface area contributed by atoms with Crippen LogP contribution in [0.3, 0.4) is 0 Å². The van der Waals surface area contributed by atoms with Crippen molar-refractivity contribution in [2.24, 2.45) is 10.3 Å². The molecule has 0 radical (unpaired) electrons. The van der Waals surface area contributed by atoms with Gasteiger partial charge in [-0.15, -0.1) is 4.40 Å². The molecule has 2 aromatic carbocycles. The van der Waals surface area contributed by atoms with Crippen molar-refractivity contribution in [2.75, 3.05) is 13.1 Å². The molecule has 0 saturated carbocycles. The van der Waals surface area contributed by atoms with Crippen molar-refractivity contribution >= 4 is 45.0 Å². The number of nitrogens with zero attached hydrogens (tertiary/aromatic N) is 2. The number of likely N-dealkylation sites (tertiary alicyclic amines) is 1. The molecule has 146 valence electrons. The minimum atomic E-state index is -3.66. The summed E-state index contributed by atoms with van der Waals surface area (Å²) >= 11 is 12.0. The number of benzene rings is 2. The van der Waals surface area contributed by atoms with Crippen LogP contribution in [0.2, 0.25) is 10.0 Å². The Morgan fingerprint density at radius 2 is 1.79 bits per heavy atom. The zero-order chi connectivity index (χ0) is 19.9. The summed E-state index contributed by atoms with van der Waals surface area (Å²) in [7, 11) is -3.66. The maximum absolute atomic E-state index is 12.5. The molecule has 2 aliphatic heterocycles. The van der Waals surface area contributed by atoms with Crippen LogP contribution in [0.5, 0.6) is 5.75 Å². The number of halogens is 2. The van der Waals surface area contributed by atoms with Crippen LogP contribution < -0.4 is 4.74 Å². The van der Waals surface area contributed by atoms with E-state index in [0.29, 0.717) is 42.4 Å². The molecule has 0 spiro atoms. The summed E-state index contributed by atoms with van der Waals surface area (Å²) in [6, 6.07) is 11.6. The van der Waals surface area contributed by atoms with E-state index in [9.17, 15) is 13.2 Å². The lowest BCUT2D eigenvalue weighted by atomic mass is 9.96. The van der Waals surface area contributed by atoms with Crippen molar-refractivity contribution < 1.29 is 17.9 Å². The maximum atomic E-state index is 12.5. The lowest BCUT2D eigenvalue weighted by Gasteiger charge is -2.32. The number of carbonyl (C=O) groups excluding carboxylic acids is 1.